The maximum absolute atomic E-state index is 5.53. The van der Waals surface area contributed by atoms with Crippen molar-refractivity contribution in [2.24, 2.45) is 0 Å². The van der Waals surface area contributed by atoms with Crippen molar-refractivity contribution in [3.05, 3.63) is 48.4 Å². The van der Waals surface area contributed by atoms with E-state index in [4.69, 9.17) is 5.73 Å². The van der Waals surface area contributed by atoms with Crippen LogP contribution in [0.2, 0.25) is 0 Å². The second-order valence-electron chi connectivity index (χ2n) is 4.11. The number of nitrogens with zero attached hydrogens (tertiary/aromatic N) is 4. The van der Waals surface area contributed by atoms with Gasteiger partial charge in [0, 0.05) is 6.54 Å². The van der Waals surface area contributed by atoms with Gasteiger partial charge in [-0.3, -0.25) is 0 Å². The fourth-order valence-electron chi connectivity index (χ4n) is 1.94. The Balaban J connectivity index is 1.83. The highest BCUT2D eigenvalue weighted by molar-refractivity contribution is 5.70. The zero-order valence-electron chi connectivity index (χ0n) is 9.82. The molecule has 0 radical (unpaired) electrons. The summed E-state index contributed by atoms with van der Waals surface area (Å²) in [5, 5.41) is 0. The van der Waals surface area contributed by atoms with Crippen LogP contribution < -0.4 is 5.73 Å². The highest BCUT2D eigenvalue weighted by Gasteiger charge is 2.04. The largest absolute Gasteiger partial charge is 0.368 e. The van der Waals surface area contributed by atoms with E-state index in [0.717, 1.165) is 18.5 Å². The summed E-state index contributed by atoms with van der Waals surface area (Å²) in [6.07, 6.45) is 4.45. The normalized spacial score (nSPS) is 10.9. The lowest BCUT2D eigenvalue weighted by Gasteiger charge is -2.04. The highest BCUT2D eigenvalue weighted by Crippen LogP contribution is 2.11. The van der Waals surface area contributed by atoms with Crippen molar-refractivity contribution < 1.29 is 0 Å². The first-order valence-corrected chi connectivity index (χ1v) is 5.80. The van der Waals surface area contributed by atoms with Crippen LogP contribution in [0.15, 0.2) is 42.9 Å². The minimum atomic E-state index is 0.260. The first-order chi connectivity index (χ1) is 8.83. The molecule has 0 aliphatic rings. The molecule has 0 bridgehead atoms. The molecule has 5 heteroatoms. The number of anilines is 1. The number of hydrogen-bond acceptors (Lipinski definition) is 4. The van der Waals surface area contributed by atoms with Crippen LogP contribution in [0.5, 0.6) is 0 Å². The summed E-state index contributed by atoms with van der Waals surface area (Å²) in [6.45, 7) is 0.855. The lowest BCUT2D eigenvalue weighted by atomic mass is 10.1. The summed E-state index contributed by atoms with van der Waals surface area (Å²) in [4.78, 5) is 12.3. The van der Waals surface area contributed by atoms with Crippen LogP contribution in [0.4, 0.5) is 5.95 Å². The Morgan fingerprint density at radius 1 is 1.11 bits per heavy atom. The van der Waals surface area contributed by atoms with Gasteiger partial charge < -0.3 is 10.3 Å². The van der Waals surface area contributed by atoms with Gasteiger partial charge in [0.15, 0.2) is 5.65 Å². The molecule has 0 saturated carbocycles. The molecule has 0 saturated heterocycles. The lowest BCUT2D eigenvalue weighted by molar-refractivity contribution is 0.715. The van der Waals surface area contributed by atoms with E-state index in [1.165, 1.54) is 5.56 Å². The summed E-state index contributed by atoms with van der Waals surface area (Å²) in [5.41, 5.74) is 8.39. The Kier molecular flexibility index (Phi) is 2.64. The number of aryl methyl sites for hydroxylation is 2. The Morgan fingerprint density at radius 3 is 2.78 bits per heavy atom. The summed E-state index contributed by atoms with van der Waals surface area (Å²) in [5.74, 6) is 0.260. The predicted molar refractivity (Wildman–Crippen MR) is 69.9 cm³/mol. The molecule has 3 aromatic rings. The van der Waals surface area contributed by atoms with Gasteiger partial charge in [0.05, 0.1) is 12.5 Å². The van der Waals surface area contributed by atoms with Gasteiger partial charge in [0.1, 0.15) is 5.52 Å². The van der Waals surface area contributed by atoms with Crippen LogP contribution in [0, 0.1) is 0 Å². The van der Waals surface area contributed by atoms with E-state index in [2.05, 4.69) is 27.1 Å². The monoisotopic (exact) mass is 239 g/mol. The molecule has 3 rings (SSSR count). The summed E-state index contributed by atoms with van der Waals surface area (Å²) in [6, 6.07) is 10.4. The third-order valence-electron chi connectivity index (χ3n) is 2.88. The van der Waals surface area contributed by atoms with E-state index >= 15 is 0 Å². The number of imidazole rings is 1. The predicted octanol–water partition coefficient (Wildman–Crippen LogP) is 1.65. The molecule has 0 spiro atoms. The van der Waals surface area contributed by atoms with Crippen molar-refractivity contribution in [2.45, 2.75) is 13.0 Å². The van der Waals surface area contributed by atoms with E-state index in [1.54, 1.807) is 12.5 Å². The summed E-state index contributed by atoms with van der Waals surface area (Å²) < 4.78 is 2.04. The van der Waals surface area contributed by atoms with Gasteiger partial charge in [-0.15, -0.1) is 0 Å². The van der Waals surface area contributed by atoms with Crippen molar-refractivity contribution in [1.29, 1.82) is 0 Å². The van der Waals surface area contributed by atoms with Gasteiger partial charge in [-0.1, -0.05) is 30.3 Å². The number of fused-ring (bicyclic) bond motifs is 1. The van der Waals surface area contributed by atoms with Gasteiger partial charge in [-0.25, -0.2) is 9.97 Å². The second kappa shape index (κ2) is 4.44. The van der Waals surface area contributed by atoms with Crippen LogP contribution in [0.25, 0.3) is 11.2 Å². The molecule has 5 nitrogen and oxygen atoms in total. The molecule has 0 unspecified atom stereocenters. The summed E-state index contributed by atoms with van der Waals surface area (Å²) >= 11 is 0. The fourth-order valence-corrected chi connectivity index (χ4v) is 1.94. The van der Waals surface area contributed by atoms with Gasteiger partial charge in [0.25, 0.3) is 0 Å². The SMILES string of the molecule is Nc1ncc2c(ncn2CCc2ccccc2)n1. The molecule has 0 fully saturated rings. The summed E-state index contributed by atoms with van der Waals surface area (Å²) in [7, 11) is 0. The number of aromatic nitrogens is 4. The van der Waals surface area contributed by atoms with E-state index in [-0.39, 0.29) is 5.95 Å². The van der Waals surface area contributed by atoms with Crippen LogP contribution in [0.3, 0.4) is 0 Å². The van der Waals surface area contributed by atoms with Gasteiger partial charge in [-0.05, 0) is 12.0 Å². The minimum absolute atomic E-state index is 0.260. The first kappa shape index (κ1) is 10.7. The molecule has 1 aromatic carbocycles. The molecule has 0 aliphatic carbocycles. The lowest BCUT2D eigenvalue weighted by Crippen LogP contribution is -2.01. The zero-order valence-corrected chi connectivity index (χ0v) is 9.82. The Morgan fingerprint density at radius 2 is 1.94 bits per heavy atom. The number of hydrogen-bond donors (Lipinski definition) is 1. The quantitative estimate of drug-likeness (QED) is 0.754. The average Bonchev–Trinajstić information content (AvgIpc) is 2.80. The number of nitrogens with two attached hydrogens (primary N) is 1. The van der Waals surface area contributed by atoms with Gasteiger partial charge in [-0.2, -0.15) is 4.98 Å². The molecule has 0 amide bonds. The van der Waals surface area contributed by atoms with Crippen LogP contribution in [-0.2, 0) is 13.0 Å². The zero-order chi connectivity index (χ0) is 12.4. The van der Waals surface area contributed by atoms with Crippen molar-refractivity contribution in [3.63, 3.8) is 0 Å². The molecule has 0 aliphatic heterocycles. The molecule has 90 valence electrons. The standard InChI is InChI=1S/C13H13N5/c14-13-15-8-11-12(17-13)16-9-18(11)7-6-10-4-2-1-3-5-10/h1-5,8-9H,6-7H2,(H2,14,15,17). The van der Waals surface area contributed by atoms with Gasteiger partial charge in [0.2, 0.25) is 5.95 Å². The average molecular weight is 239 g/mol. The second-order valence-corrected chi connectivity index (χ2v) is 4.11. The first-order valence-electron chi connectivity index (χ1n) is 5.80. The molecule has 0 atom stereocenters. The van der Waals surface area contributed by atoms with Crippen LogP contribution >= 0.6 is 0 Å². The molecule has 2 aromatic heterocycles. The van der Waals surface area contributed by atoms with Crippen molar-refractivity contribution >= 4 is 17.1 Å². The fraction of sp³-hybridized carbons (Fsp3) is 0.154. The van der Waals surface area contributed by atoms with E-state index in [9.17, 15) is 0 Å². The minimum Gasteiger partial charge on any atom is -0.368 e. The molecule has 2 heterocycles. The van der Waals surface area contributed by atoms with E-state index in [1.807, 2.05) is 22.8 Å². The number of benzene rings is 1. The molecular weight excluding hydrogens is 226 g/mol. The smallest absolute Gasteiger partial charge is 0.222 e. The topological polar surface area (TPSA) is 69.6 Å². The van der Waals surface area contributed by atoms with E-state index < -0.39 is 0 Å². The molecule has 2 N–H and O–H groups in total. The van der Waals surface area contributed by atoms with Crippen LogP contribution in [0.1, 0.15) is 5.56 Å². The maximum atomic E-state index is 5.53. The van der Waals surface area contributed by atoms with Crippen molar-refractivity contribution in [1.82, 2.24) is 19.5 Å². The number of rotatable bonds is 3. The third-order valence-corrected chi connectivity index (χ3v) is 2.88. The van der Waals surface area contributed by atoms with Crippen molar-refractivity contribution in [2.75, 3.05) is 5.73 Å². The van der Waals surface area contributed by atoms with Crippen LogP contribution in [-0.4, -0.2) is 19.5 Å². The Bertz CT molecular complexity index is 659. The third kappa shape index (κ3) is 2.02. The van der Waals surface area contributed by atoms with Crippen molar-refractivity contribution in [3.8, 4) is 0 Å². The Hall–Kier alpha value is -2.43. The Labute approximate surface area is 104 Å². The van der Waals surface area contributed by atoms with E-state index in [0.29, 0.717) is 5.65 Å². The molecular formula is C13H13N5. The van der Waals surface area contributed by atoms with Gasteiger partial charge >= 0.3 is 0 Å². The maximum Gasteiger partial charge on any atom is 0.222 e. The number of nitrogen functional groups attached to an aromatic ring is 1. The highest BCUT2D eigenvalue weighted by atomic mass is 15.1. The molecule has 18 heavy (non-hydrogen) atoms.